The van der Waals surface area contributed by atoms with Crippen LogP contribution in [0.15, 0.2) is 36.4 Å². The van der Waals surface area contributed by atoms with Crippen molar-refractivity contribution < 1.29 is 19.0 Å². The van der Waals surface area contributed by atoms with E-state index in [4.69, 9.17) is 25.8 Å². The van der Waals surface area contributed by atoms with E-state index in [-0.39, 0.29) is 5.91 Å². The smallest absolute Gasteiger partial charge is 0.254 e. The highest BCUT2D eigenvalue weighted by Crippen LogP contribution is 2.38. The van der Waals surface area contributed by atoms with Gasteiger partial charge in [-0.25, -0.2) is 0 Å². The van der Waals surface area contributed by atoms with Gasteiger partial charge in [0, 0.05) is 42.5 Å². The van der Waals surface area contributed by atoms with Gasteiger partial charge in [0.1, 0.15) is 0 Å². The first kappa shape index (κ1) is 19.2. The van der Waals surface area contributed by atoms with E-state index in [1.54, 1.807) is 12.1 Å². The molecule has 1 aliphatic heterocycles. The lowest BCUT2D eigenvalue weighted by atomic mass is 10.1. The number of benzene rings is 2. The molecule has 2 aromatic rings. The molecule has 0 aromatic heterocycles. The Labute approximate surface area is 164 Å². The Morgan fingerprint density at radius 2 is 1.56 bits per heavy atom. The number of hydrogen-bond acceptors (Lipinski definition) is 5. The fraction of sp³-hybridized carbons (Fsp3) is 0.350. The van der Waals surface area contributed by atoms with Crippen LogP contribution in [-0.4, -0.2) is 58.3 Å². The third-order valence-corrected chi connectivity index (χ3v) is 4.89. The van der Waals surface area contributed by atoms with Crippen LogP contribution >= 0.6 is 11.6 Å². The third-order valence-electron chi connectivity index (χ3n) is 4.65. The molecule has 0 spiro atoms. The number of amides is 1. The van der Waals surface area contributed by atoms with Crippen molar-refractivity contribution in [3.63, 3.8) is 0 Å². The Morgan fingerprint density at radius 1 is 0.926 bits per heavy atom. The first-order valence-corrected chi connectivity index (χ1v) is 9.05. The van der Waals surface area contributed by atoms with Gasteiger partial charge in [0.05, 0.1) is 21.3 Å². The molecular weight excluding hydrogens is 368 g/mol. The van der Waals surface area contributed by atoms with Crippen LogP contribution in [0.4, 0.5) is 5.69 Å². The highest BCUT2D eigenvalue weighted by atomic mass is 35.5. The van der Waals surface area contributed by atoms with Crippen molar-refractivity contribution in [3.05, 3.63) is 47.0 Å². The summed E-state index contributed by atoms with van der Waals surface area (Å²) in [7, 11) is 4.61. The topological polar surface area (TPSA) is 51.2 Å². The summed E-state index contributed by atoms with van der Waals surface area (Å²) < 4.78 is 16.0. The lowest BCUT2D eigenvalue weighted by Gasteiger charge is -2.36. The molecule has 144 valence electrons. The molecule has 0 atom stereocenters. The Morgan fingerprint density at radius 3 is 2.07 bits per heavy atom. The lowest BCUT2D eigenvalue weighted by Crippen LogP contribution is -2.48. The molecule has 2 aromatic carbocycles. The summed E-state index contributed by atoms with van der Waals surface area (Å²) in [5.74, 6) is 1.36. The van der Waals surface area contributed by atoms with Crippen molar-refractivity contribution in [3.8, 4) is 17.2 Å². The minimum absolute atomic E-state index is 0.0556. The molecule has 27 heavy (non-hydrogen) atoms. The maximum absolute atomic E-state index is 13.0. The maximum Gasteiger partial charge on any atom is 0.254 e. The molecule has 7 heteroatoms. The number of methoxy groups -OCH3 is 3. The van der Waals surface area contributed by atoms with E-state index in [0.29, 0.717) is 40.9 Å². The minimum Gasteiger partial charge on any atom is -0.493 e. The Kier molecular flexibility index (Phi) is 5.96. The molecule has 1 aliphatic rings. The standard InChI is InChI=1S/C20H23ClN2O4/c1-25-17-11-14(12-18(26-2)19(17)27-3)20(24)23-9-7-22(8-10-23)16-6-4-5-15(21)13-16/h4-6,11-13H,7-10H2,1-3H3. The van der Waals surface area contributed by atoms with Gasteiger partial charge in [-0.1, -0.05) is 17.7 Å². The first-order valence-electron chi connectivity index (χ1n) is 8.67. The second kappa shape index (κ2) is 8.39. The second-order valence-electron chi connectivity index (χ2n) is 6.17. The van der Waals surface area contributed by atoms with E-state index in [1.807, 2.05) is 29.2 Å². The zero-order valence-electron chi connectivity index (χ0n) is 15.7. The molecule has 0 N–H and O–H groups in total. The number of carbonyl (C=O) groups is 1. The van der Waals surface area contributed by atoms with Gasteiger partial charge in [-0.2, -0.15) is 0 Å². The average Bonchev–Trinajstić information content (AvgIpc) is 2.72. The monoisotopic (exact) mass is 390 g/mol. The molecule has 1 heterocycles. The quantitative estimate of drug-likeness (QED) is 0.783. The second-order valence-corrected chi connectivity index (χ2v) is 6.61. The molecule has 0 saturated carbocycles. The number of nitrogens with zero attached hydrogens (tertiary/aromatic N) is 2. The summed E-state index contributed by atoms with van der Waals surface area (Å²) in [6.45, 7) is 2.75. The first-order chi connectivity index (χ1) is 13.1. The molecular formula is C20H23ClN2O4. The summed E-state index contributed by atoms with van der Waals surface area (Å²) in [4.78, 5) is 17.0. The largest absolute Gasteiger partial charge is 0.493 e. The zero-order valence-corrected chi connectivity index (χ0v) is 16.5. The molecule has 6 nitrogen and oxygen atoms in total. The summed E-state index contributed by atoms with van der Waals surface area (Å²) in [6, 6.07) is 11.1. The van der Waals surface area contributed by atoms with Crippen LogP contribution < -0.4 is 19.1 Å². The molecule has 1 amide bonds. The van der Waals surface area contributed by atoms with Gasteiger partial charge < -0.3 is 24.0 Å². The van der Waals surface area contributed by atoms with Gasteiger partial charge in [0.15, 0.2) is 11.5 Å². The Hall–Kier alpha value is -2.60. The predicted molar refractivity (Wildman–Crippen MR) is 106 cm³/mol. The number of carbonyl (C=O) groups excluding carboxylic acids is 1. The predicted octanol–water partition coefficient (Wildman–Crippen LogP) is 3.33. The lowest BCUT2D eigenvalue weighted by molar-refractivity contribution is 0.0746. The van der Waals surface area contributed by atoms with Crippen molar-refractivity contribution >= 4 is 23.2 Å². The molecule has 0 unspecified atom stereocenters. The van der Waals surface area contributed by atoms with Crippen molar-refractivity contribution in [1.82, 2.24) is 4.90 Å². The highest BCUT2D eigenvalue weighted by molar-refractivity contribution is 6.30. The third kappa shape index (κ3) is 4.06. The van der Waals surface area contributed by atoms with Crippen LogP contribution in [0.2, 0.25) is 5.02 Å². The minimum atomic E-state index is -0.0556. The van der Waals surface area contributed by atoms with Crippen LogP contribution in [0.1, 0.15) is 10.4 Å². The van der Waals surface area contributed by atoms with Crippen molar-refractivity contribution in [2.45, 2.75) is 0 Å². The number of rotatable bonds is 5. The zero-order chi connectivity index (χ0) is 19.4. The van der Waals surface area contributed by atoms with Gasteiger partial charge in [-0.15, -0.1) is 0 Å². The maximum atomic E-state index is 13.0. The van der Waals surface area contributed by atoms with Crippen molar-refractivity contribution in [2.75, 3.05) is 52.4 Å². The number of piperazine rings is 1. The number of ether oxygens (including phenoxy) is 3. The summed E-state index contributed by atoms with van der Waals surface area (Å²) in [5.41, 5.74) is 1.59. The van der Waals surface area contributed by atoms with Gasteiger partial charge in [-0.3, -0.25) is 4.79 Å². The molecule has 0 radical (unpaired) electrons. The molecule has 1 fully saturated rings. The summed E-state index contributed by atoms with van der Waals surface area (Å²) in [5, 5.41) is 0.712. The van der Waals surface area contributed by atoms with Crippen molar-refractivity contribution in [2.24, 2.45) is 0 Å². The molecule has 1 saturated heterocycles. The van der Waals surface area contributed by atoms with E-state index >= 15 is 0 Å². The number of anilines is 1. The van der Waals surface area contributed by atoms with E-state index in [1.165, 1.54) is 21.3 Å². The van der Waals surface area contributed by atoms with E-state index < -0.39 is 0 Å². The van der Waals surface area contributed by atoms with Crippen LogP contribution in [0.3, 0.4) is 0 Å². The average molecular weight is 391 g/mol. The van der Waals surface area contributed by atoms with Gasteiger partial charge in [0.2, 0.25) is 5.75 Å². The van der Waals surface area contributed by atoms with Gasteiger partial charge in [0.25, 0.3) is 5.91 Å². The van der Waals surface area contributed by atoms with Crippen LogP contribution in [-0.2, 0) is 0 Å². The SMILES string of the molecule is COc1cc(C(=O)N2CCN(c3cccc(Cl)c3)CC2)cc(OC)c1OC. The number of hydrogen-bond donors (Lipinski definition) is 0. The highest BCUT2D eigenvalue weighted by Gasteiger charge is 2.25. The van der Waals surface area contributed by atoms with E-state index in [2.05, 4.69) is 4.90 Å². The van der Waals surface area contributed by atoms with Crippen molar-refractivity contribution in [1.29, 1.82) is 0 Å². The molecule has 3 rings (SSSR count). The number of halogens is 1. The van der Waals surface area contributed by atoms with Crippen LogP contribution in [0, 0.1) is 0 Å². The van der Waals surface area contributed by atoms with Gasteiger partial charge >= 0.3 is 0 Å². The fourth-order valence-corrected chi connectivity index (χ4v) is 3.41. The van der Waals surface area contributed by atoms with E-state index in [0.717, 1.165) is 18.8 Å². The fourth-order valence-electron chi connectivity index (χ4n) is 3.23. The molecule has 0 bridgehead atoms. The van der Waals surface area contributed by atoms with Crippen LogP contribution in [0.5, 0.6) is 17.2 Å². The van der Waals surface area contributed by atoms with Crippen LogP contribution in [0.25, 0.3) is 0 Å². The summed E-state index contributed by atoms with van der Waals surface area (Å²) >= 11 is 6.08. The van der Waals surface area contributed by atoms with Gasteiger partial charge in [-0.05, 0) is 30.3 Å². The van der Waals surface area contributed by atoms with E-state index in [9.17, 15) is 4.79 Å². The summed E-state index contributed by atoms with van der Waals surface area (Å²) in [6.07, 6.45) is 0. The molecule has 0 aliphatic carbocycles. The Balaban J connectivity index is 1.74. The Bertz CT molecular complexity index is 794. The normalized spacial score (nSPS) is 14.1.